The van der Waals surface area contributed by atoms with Gasteiger partial charge in [0.25, 0.3) is 0 Å². The van der Waals surface area contributed by atoms with Gasteiger partial charge in [0.15, 0.2) is 0 Å². The molecule has 0 saturated heterocycles. The molecule has 34 valence electrons. The number of hydrogen-bond acceptors (Lipinski definition) is 2. The molecule has 0 N–H and O–H groups in total. The summed E-state index contributed by atoms with van der Waals surface area (Å²) in [5.41, 5.74) is 0. The fraction of sp³-hybridized carbons (Fsp3) is 0.250. The van der Waals surface area contributed by atoms with Crippen LogP contribution in [-0.4, -0.2) is 12.6 Å². The summed E-state index contributed by atoms with van der Waals surface area (Å²) in [4.78, 5) is 18.9. The molecule has 0 bridgehead atoms. The van der Waals surface area contributed by atoms with Crippen LogP contribution in [0.25, 0.3) is 0 Å². The van der Waals surface area contributed by atoms with Crippen LogP contribution in [0.5, 0.6) is 0 Å². The van der Waals surface area contributed by atoms with Crippen molar-refractivity contribution in [3.8, 4) is 0 Å². The third-order valence-corrected chi connectivity index (χ3v) is 0.372. The Balaban J connectivity index is 0. The van der Waals surface area contributed by atoms with Gasteiger partial charge in [0, 0.05) is 0 Å². The Labute approximate surface area is 64.6 Å². The van der Waals surface area contributed by atoms with Crippen LogP contribution in [0, 0.1) is 5.92 Å². The van der Waals surface area contributed by atoms with Gasteiger partial charge in [-0.05, 0) is 12.6 Å². The van der Waals surface area contributed by atoms with Gasteiger partial charge in [-0.2, -0.15) is 6.92 Å². The average molecular weight is 108 g/mol. The van der Waals surface area contributed by atoms with Crippen LogP contribution in [0.2, 0.25) is 0 Å². The molecule has 0 fully saturated rings. The van der Waals surface area contributed by atoms with Gasteiger partial charge in [0.05, 0.1) is 0 Å². The van der Waals surface area contributed by atoms with Crippen molar-refractivity contribution in [3.05, 3.63) is 5.92 Å². The molecule has 0 aromatic heterocycles. The van der Waals surface area contributed by atoms with Crippen LogP contribution < -0.4 is 29.6 Å². The number of aldehydes is 2. The maximum absolute atomic E-state index is 9.47. The molecule has 3 heteroatoms. The number of rotatable bonds is 2. The Kier molecular flexibility index (Phi) is 9.09. The Hall–Kier alpha value is 0.210. The Morgan fingerprint density at radius 3 is 1.57 bits per heavy atom. The zero-order chi connectivity index (χ0) is 4.99. The van der Waals surface area contributed by atoms with Gasteiger partial charge in [-0.15, -0.1) is 0 Å². The normalized spacial score (nSPS) is 5.86. The SMILES string of the molecule is C[C-](C=O)C=O.[Na+]. The smallest absolute Gasteiger partial charge is 0.337 e. The van der Waals surface area contributed by atoms with Crippen LogP contribution >= 0.6 is 0 Å². The van der Waals surface area contributed by atoms with E-state index in [0.717, 1.165) is 0 Å². The molecular weight excluding hydrogens is 103 g/mol. The van der Waals surface area contributed by atoms with E-state index in [4.69, 9.17) is 0 Å². The van der Waals surface area contributed by atoms with Crippen LogP contribution in [0.3, 0.4) is 0 Å². The monoisotopic (exact) mass is 108 g/mol. The zero-order valence-electron chi connectivity index (χ0n) is 4.47. The second kappa shape index (κ2) is 6.21. The van der Waals surface area contributed by atoms with Crippen molar-refractivity contribution < 1.29 is 39.1 Å². The molecule has 7 heavy (non-hydrogen) atoms. The van der Waals surface area contributed by atoms with E-state index in [-0.39, 0.29) is 35.5 Å². The maximum Gasteiger partial charge on any atom is 1.00 e. The minimum absolute atomic E-state index is 0. The van der Waals surface area contributed by atoms with Gasteiger partial charge in [-0.3, -0.25) is 5.92 Å². The van der Waals surface area contributed by atoms with E-state index in [1.54, 1.807) is 0 Å². The van der Waals surface area contributed by atoms with E-state index >= 15 is 0 Å². The summed E-state index contributed by atoms with van der Waals surface area (Å²) in [5, 5.41) is 0. The Bertz CT molecular complexity index is 54.7. The first kappa shape index (κ1) is 10.2. The molecule has 0 aliphatic carbocycles. The third kappa shape index (κ3) is 6.21. The van der Waals surface area contributed by atoms with Crippen molar-refractivity contribution in [1.29, 1.82) is 0 Å². The predicted molar refractivity (Wildman–Crippen MR) is 21.0 cm³/mol. The van der Waals surface area contributed by atoms with Crippen molar-refractivity contribution in [3.63, 3.8) is 0 Å². The molecule has 0 unspecified atom stereocenters. The maximum atomic E-state index is 9.47. The first-order valence-corrected chi connectivity index (χ1v) is 1.55. The summed E-state index contributed by atoms with van der Waals surface area (Å²) in [7, 11) is 0. The Morgan fingerprint density at radius 1 is 1.29 bits per heavy atom. The van der Waals surface area contributed by atoms with Gasteiger partial charge in [-0.25, -0.2) is 0 Å². The summed E-state index contributed by atoms with van der Waals surface area (Å²) in [6.07, 6.45) is 1.04. The number of hydrogen-bond donors (Lipinski definition) is 0. The van der Waals surface area contributed by atoms with Crippen LogP contribution in [0.4, 0.5) is 0 Å². The predicted octanol–water partition coefficient (Wildman–Crippen LogP) is -3.02. The first-order valence-electron chi connectivity index (χ1n) is 1.55. The van der Waals surface area contributed by atoms with Crippen molar-refractivity contribution in [2.24, 2.45) is 0 Å². The zero-order valence-corrected chi connectivity index (χ0v) is 6.47. The molecular formula is C4H5NaO2. The van der Waals surface area contributed by atoms with Crippen LogP contribution in [0.15, 0.2) is 0 Å². The van der Waals surface area contributed by atoms with E-state index in [1.165, 1.54) is 6.92 Å². The van der Waals surface area contributed by atoms with Crippen molar-refractivity contribution in [2.75, 3.05) is 0 Å². The number of carbonyl (C=O) groups is 2. The summed E-state index contributed by atoms with van der Waals surface area (Å²) in [5.74, 6) is 0.231. The van der Waals surface area contributed by atoms with Gasteiger partial charge in [0.1, 0.15) is 0 Å². The van der Waals surface area contributed by atoms with E-state index in [1.807, 2.05) is 0 Å². The van der Waals surface area contributed by atoms with Crippen molar-refractivity contribution in [2.45, 2.75) is 6.92 Å². The first-order chi connectivity index (χ1) is 2.81. The van der Waals surface area contributed by atoms with Crippen molar-refractivity contribution >= 4 is 12.6 Å². The average Bonchev–Trinajstić information content (AvgIpc) is 1.65. The minimum atomic E-state index is 0. The molecule has 0 saturated carbocycles. The molecule has 0 rings (SSSR count). The summed E-state index contributed by atoms with van der Waals surface area (Å²) >= 11 is 0. The van der Waals surface area contributed by atoms with Crippen molar-refractivity contribution in [1.82, 2.24) is 0 Å². The molecule has 0 atom stereocenters. The van der Waals surface area contributed by atoms with E-state index < -0.39 is 0 Å². The van der Waals surface area contributed by atoms with Gasteiger partial charge in [0.2, 0.25) is 0 Å². The molecule has 0 aromatic carbocycles. The largest absolute Gasteiger partial charge is 1.00 e. The molecule has 0 amide bonds. The van der Waals surface area contributed by atoms with Gasteiger partial charge >= 0.3 is 29.6 Å². The van der Waals surface area contributed by atoms with E-state index in [2.05, 4.69) is 0 Å². The van der Waals surface area contributed by atoms with Crippen LogP contribution in [0.1, 0.15) is 6.92 Å². The van der Waals surface area contributed by atoms with Gasteiger partial charge in [-0.1, -0.05) is 0 Å². The number of carbonyl (C=O) groups excluding carboxylic acids is 2. The minimum Gasteiger partial charge on any atom is -0.337 e. The molecule has 2 nitrogen and oxygen atoms in total. The quantitative estimate of drug-likeness (QED) is 0.163. The van der Waals surface area contributed by atoms with E-state index in [0.29, 0.717) is 12.6 Å². The van der Waals surface area contributed by atoms with Gasteiger partial charge < -0.3 is 9.59 Å². The Morgan fingerprint density at radius 2 is 1.57 bits per heavy atom. The summed E-state index contributed by atoms with van der Waals surface area (Å²) in [6.45, 7) is 1.46. The molecule has 0 aliphatic rings. The third-order valence-electron chi connectivity index (χ3n) is 0.372. The van der Waals surface area contributed by atoms with Crippen LogP contribution in [-0.2, 0) is 9.59 Å². The molecule has 0 aromatic rings. The fourth-order valence-corrected chi connectivity index (χ4v) is 0.0278. The van der Waals surface area contributed by atoms with E-state index in [9.17, 15) is 9.59 Å². The second-order valence-corrected chi connectivity index (χ2v) is 0.980. The summed E-state index contributed by atoms with van der Waals surface area (Å²) < 4.78 is 0. The molecule has 0 radical (unpaired) electrons. The molecule has 0 heterocycles. The molecule has 0 aliphatic heterocycles. The summed E-state index contributed by atoms with van der Waals surface area (Å²) in [6, 6.07) is 0. The molecule has 0 spiro atoms. The topological polar surface area (TPSA) is 34.1 Å². The fourth-order valence-electron chi connectivity index (χ4n) is 0.0278. The standard InChI is InChI=1S/C4H5O2.Na/c1-4(2-5)3-6;/h2-3H,1H3;/q-1;+1. The second-order valence-electron chi connectivity index (χ2n) is 0.980.